The van der Waals surface area contributed by atoms with Crippen molar-refractivity contribution >= 4 is 16.9 Å². The minimum absolute atomic E-state index is 0.0528. The molecule has 9 rings (SSSR count). The van der Waals surface area contributed by atoms with Gasteiger partial charge in [-0.3, -0.25) is 0 Å². The quantitative estimate of drug-likeness (QED) is 0.119. The zero-order chi connectivity index (χ0) is 36.9. The van der Waals surface area contributed by atoms with Gasteiger partial charge in [0.2, 0.25) is 0 Å². The molecule has 0 aromatic heterocycles. The van der Waals surface area contributed by atoms with E-state index in [-0.39, 0.29) is 5.41 Å². The summed E-state index contributed by atoms with van der Waals surface area (Å²) in [5.74, 6) is 3.74. The number of hydrogen-bond donors (Lipinski definition) is 0. The van der Waals surface area contributed by atoms with Crippen LogP contribution < -0.4 is 4.90 Å². The Morgan fingerprint density at radius 2 is 1.30 bits per heavy atom. The summed E-state index contributed by atoms with van der Waals surface area (Å²) in [7, 11) is 0. The number of allylic oxidation sites excluding steroid dienone is 7. The van der Waals surface area contributed by atoms with Gasteiger partial charge in [-0.25, -0.2) is 0 Å². The third-order valence-corrected chi connectivity index (χ3v) is 12.1. The summed E-state index contributed by atoms with van der Waals surface area (Å²) in [6.45, 7) is 6.91. The van der Waals surface area contributed by atoms with E-state index in [0.717, 1.165) is 28.2 Å². The van der Waals surface area contributed by atoms with Gasteiger partial charge in [0, 0.05) is 28.8 Å². The Labute approximate surface area is 320 Å². The molecule has 2 unspecified atom stereocenters. The van der Waals surface area contributed by atoms with Gasteiger partial charge in [-0.15, -0.1) is 6.42 Å². The fraction of sp³-hybridized carbons (Fsp3) is 0.132. The molecule has 0 spiro atoms. The normalized spacial score (nSPS) is 18.6. The SMILES string of the molecule is C#C/C=C(\C(=C/C)c1ccccc1)N(c1ccc2c(c1)C(C)(C)C1C=CC=CC21)c1cccc2c1-c1ccccc1C2(c1ccccc1)c1ccccc1. The molecule has 0 bridgehead atoms. The molecule has 6 aromatic rings. The van der Waals surface area contributed by atoms with Crippen molar-refractivity contribution in [1.29, 1.82) is 0 Å². The molecule has 0 radical (unpaired) electrons. The van der Waals surface area contributed by atoms with Gasteiger partial charge in [-0.2, -0.15) is 0 Å². The Kier molecular flexibility index (Phi) is 8.21. The van der Waals surface area contributed by atoms with Gasteiger partial charge in [0.1, 0.15) is 0 Å². The van der Waals surface area contributed by atoms with Crippen LogP contribution in [-0.2, 0) is 10.8 Å². The lowest BCUT2D eigenvalue weighted by atomic mass is 9.68. The summed E-state index contributed by atoms with van der Waals surface area (Å²) >= 11 is 0. The molecule has 3 aliphatic carbocycles. The summed E-state index contributed by atoms with van der Waals surface area (Å²) in [6, 6.07) is 55.6. The average Bonchev–Trinajstić information content (AvgIpc) is 3.66. The van der Waals surface area contributed by atoms with Crippen LogP contribution in [0.25, 0.3) is 16.7 Å². The van der Waals surface area contributed by atoms with Crippen LogP contribution in [0, 0.1) is 18.3 Å². The molecule has 0 fully saturated rings. The van der Waals surface area contributed by atoms with Crippen LogP contribution in [0.3, 0.4) is 0 Å². The highest BCUT2D eigenvalue weighted by Crippen LogP contribution is 2.60. The Balaban J connectivity index is 1.37. The summed E-state index contributed by atoms with van der Waals surface area (Å²) in [6.07, 6.45) is 19.6. The Hall–Kier alpha value is -6.36. The zero-order valence-corrected chi connectivity index (χ0v) is 31.1. The van der Waals surface area contributed by atoms with Crippen LogP contribution >= 0.6 is 0 Å². The minimum Gasteiger partial charge on any atom is -0.309 e. The average molecular weight is 694 g/mol. The molecule has 1 heteroatoms. The van der Waals surface area contributed by atoms with Crippen molar-refractivity contribution in [2.45, 2.75) is 37.5 Å². The van der Waals surface area contributed by atoms with Crippen LogP contribution in [0.5, 0.6) is 0 Å². The fourth-order valence-electron chi connectivity index (χ4n) is 9.80. The first-order valence-corrected chi connectivity index (χ1v) is 19.0. The monoisotopic (exact) mass is 693 g/mol. The Morgan fingerprint density at radius 3 is 1.98 bits per heavy atom. The third kappa shape index (κ3) is 4.94. The van der Waals surface area contributed by atoms with Gasteiger partial charge >= 0.3 is 0 Å². The largest absolute Gasteiger partial charge is 0.309 e. The summed E-state index contributed by atoms with van der Waals surface area (Å²) in [5, 5.41) is 0. The van der Waals surface area contributed by atoms with Gasteiger partial charge < -0.3 is 4.90 Å². The molecule has 2 atom stereocenters. The first kappa shape index (κ1) is 33.5. The number of hydrogen-bond acceptors (Lipinski definition) is 1. The van der Waals surface area contributed by atoms with E-state index >= 15 is 0 Å². The Bertz CT molecular complexity index is 2500. The molecule has 1 nitrogen and oxygen atoms in total. The minimum atomic E-state index is -0.525. The molecular formula is C53H43N. The van der Waals surface area contributed by atoms with E-state index in [1.54, 1.807) is 0 Å². The highest BCUT2D eigenvalue weighted by atomic mass is 15.2. The van der Waals surface area contributed by atoms with Crippen LogP contribution in [-0.4, -0.2) is 0 Å². The molecule has 54 heavy (non-hydrogen) atoms. The Morgan fingerprint density at radius 1 is 0.667 bits per heavy atom. The lowest BCUT2D eigenvalue weighted by molar-refractivity contribution is 0.394. The number of terminal acetylenes is 1. The molecule has 0 saturated heterocycles. The van der Waals surface area contributed by atoms with E-state index in [1.165, 1.54) is 44.5 Å². The molecule has 3 aliphatic rings. The highest BCUT2D eigenvalue weighted by molar-refractivity contribution is 5.99. The second kappa shape index (κ2) is 13.2. The number of rotatable bonds is 7. The van der Waals surface area contributed by atoms with Gasteiger partial charge in [0.25, 0.3) is 0 Å². The van der Waals surface area contributed by atoms with Crippen molar-refractivity contribution in [1.82, 2.24) is 0 Å². The lowest BCUT2D eigenvalue weighted by Gasteiger charge is -2.35. The van der Waals surface area contributed by atoms with Crippen LogP contribution in [0.2, 0.25) is 0 Å². The lowest BCUT2D eigenvalue weighted by Crippen LogP contribution is -2.28. The number of nitrogens with zero attached hydrogens (tertiary/aromatic N) is 1. The first-order valence-electron chi connectivity index (χ1n) is 19.0. The third-order valence-electron chi connectivity index (χ3n) is 12.1. The molecule has 0 aliphatic heterocycles. The summed E-state index contributed by atoms with van der Waals surface area (Å²) < 4.78 is 0. The van der Waals surface area contributed by atoms with Crippen LogP contribution in [0.1, 0.15) is 65.6 Å². The maximum absolute atomic E-state index is 6.30. The van der Waals surface area contributed by atoms with Crippen LogP contribution in [0.15, 0.2) is 194 Å². The van der Waals surface area contributed by atoms with E-state index in [4.69, 9.17) is 6.42 Å². The summed E-state index contributed by atoms with van der Waals surface area (Å²) in [5.41, 5.74) is 15.0. The predicted octanol–water partition coefficient (Wildman–Crippen LogP) is 12.9. The van der Waals surface area contributed by atoms with Crippen molar-refractivity contribution in [2.24, 2.45) is 5.92 Å². The topological polar surface area (TPSA) is 3.24 Å². The van der Waals surface area contributed by atoms with Gasteiger partial charge in [-0.1, -0.05) is 184 Å². The maximum Gasteiger partial charge on any atom is 0.0714 e. The van der Waals surface area contributed by atoms with E-state index in [1.807, 2.05) is 6.08 Å². The fourth-order valence-corrected chi connectivity index (χ4v) is 9.80. The van der Waals surface area contributed by atoms with E-state index in [0.29, 0.717) is 11.8 Å². The van der Waals surface area contributed by atoms with E-state index < -0.39 is 5.41 Å². The van der Waals surface area contributed by atoms with Gasteiger partial charge in [-0.05, 0) is 81.0 Å². The first-order chi connectivity index (χ1) is 26.5. The van der Waals surface area contributed by atoms with Crippen molar-refractivity contribution in [3.05, 3.63) is 233 Å². The number of anilines is 2. The second-order valence-electron chi connectivity index (χ2n) is 15.1. The second-order valence-corrected chi connectivity index (χ2v) is 15.1. The number of fused-ring (bicyclic) bond motifs is 6. The smallest absolute Gasteiger partial charge is 0.0714 e. The molecule has 0 N–H and O–H groups in total. The standard InChI is InChI=1S/C53H43N/c1-5-21-49(41(6-2)37-22-10-7-11-23-37)54(40-34-35-43-42-28-16-18-30-45(42)52(3,4)48(43)36-40)50-33-20-32-47-51(50)44-29-17-19-31-46(44)53(47,38-24-12-8-13-25-38)39-26-14-9-15-27-39/h1,6-36,42,45H,2-4H3/b41-6-,49-21+. The van der Waals surface area contributed by atoms with Crippen molar-refractivity contribution in [3.63, 3.8) is 0 Å². The molecular weight excluding hydrogens is 651 g/mol. The molecule has 0 heterocycles. The highest BCUT2D eigenvalue weighted by Gasteiger charge is 2.48. The molecule has 0 amide bonds. The van der Waals surface area contributed by atoms with Crippen molar-refractivity contribution in [2.75, 3.05) is 4.90 Å². The van der Waals surface area contributed by atoms with E-state index in [2.05, 4.69) is 214 Å². The van der Waals surface area contributed by atoms with Crippen LogP contribution in [0.4, 0.5) is 11.4 Å². The molecule has 6 aromatic carbocycles. The number of benzene rings is 6. The maximum atomic E-state index is 6.30. The van der Waals surface area contributed by atoms with E-state index in [9.17, 15) is 0 Å². The zero-order valence-electron chi connectivity index (χ0n) is 31.1. The molecule has 260 valence electrons. The van der Waals surface area contributed by atoms with Crippen molar-refractivity contribution in [3.8, 4) is 23.5 Å². The van der Waals surface area contributed by atoms with Crippen molar-refractivity contribution < 1.29 is 0 Å². The summed E-state index contributed by atoms with van der Waals surface area (Å²) in [4.78, 5) is 2.44. The predicted molar refractivity (Wildman–Crippen MR) is 227 cm³/mol. The van der Waals surface area contributed by atoms with Gasteiger partial charge in [0.05, 0.1) is 16.8 Å². The molecule has 0 saturated carbocycles. The van der Waals surface area contributed by atoms with Gasteiger partial charge in [0.15, 0.2) is 0 Å².